The predicted molar refractivity (Wildman–Crippen MR) is 78.3 cm³/mol. The molecule has 4 nitrogen and oxygen atoms in total. The highest BCUT2D eigenvalue weighted by Crippen LogP contribution is 2.37. The van der Waals surface area contributed by atoms with Gasteiger partial charge in [-0.1, -0.05) is 33.1 Å². The highest BCUT2D eigenvalue weighted by molar-refractivity contribution is 5.09. The molecule has 0 spiro atoms. The Labute approximate surface area is 116 Å². The molecule has 1 aromatic heterocycles. The molecule has 19 heavy (non-hydrogen) atoms. The van der Waals surface area contributed by atoms with Crippen molar-refractivity contribution in [1.29, 1.82) is 0 Å². The Morgan fingerprint density at radius 1 is 1.37 bits per heavy atom. The molecular formula is C15H28N4. The average molecular weight is 264 g/mol. The van der Waals surface area contributed by atoms with Crippen LogP contribution in [0.15, 0.2) is 12.3 Å². The van der Waals surface area contributed by atoms with Crippen LogP contribution in [0.2, 0.25) is 0 Å². The zero-order valence-corrected chi connectivity index (χ0v) is 12.3. The summed E-state index contributed by atoms with van der Waals surface area (Å²) in [4.78, 5) is 0. The van der Waals surface area contributed by atoms with Crippen LogP contribution in [0, 0.1) is 11.8 Å². The SMILES string of the molecule is CCCn1nccc1C(NN)C1CCC(CC)CC1. The largest absolute Gasteiger partial charge is 0.271 e. The lowest BCUT2D eigenvalue weighted by Gasteiger charge is -2.33. The number of hydrogen-bond acceptors (Lipinski definition) is 3. The fraction of sp³-hybridized carbons (Fsp3) is 0.800. The summed E-state index contributed by atoms with van der Waals surface area (Å²) in [6.45, 7) is 5.47. The molecule has 1 aromatic rings. The van der Waals surface area contributed by atoms with Crippen LogP contribution in [0.25, 0.3) is 0 Å². The van der Waals surface area contributed by atoms with Gasteiger partial charge in [0.15, 0.2) is 0 Å². The van der Waals surface area contributed by atoms with Gasteiger partial charge in [-0.25, -0.2) is 0 Å². The number of hydrazine groups is 1. The smallest absolute Gasteiger partial charge is 0.0657 e. The molecule has 0 amide bonds. The highest BCUT2D eigenvalue weighted by Gasteiger charge is 2.29. The number of nitrogens with one attached hydrogen (secondary N) is 1. The molecule has 0 aliphatic heterocycles. The molecule has 1 fully saturated rings. The summed E-state index contributed by atoms with van der Waals surface area (Å²) in [7, 11) is 0. The highest BCUT2D eigenvalue weighted by atomic mass is 15.3. The minimum Gasteiger partial charge on any atom is -0.271 e. The summed E-state index contributed by atoms with van der Waals surface area (Å²) in [6.07, 6.45) is 9.58. The van der Waals surface area contributed by atoms with E-state index >= 15 is 0 Å². The van der Waals surface area contributed by atoms with Gasteiger partial charge in [-0.2, -0.15) is 5.10 Å². The second kappa shape index (κ2) is 7.06. The molecule has 0 radical (unpaired) electrons. The van der Waals surface area contributed by atoms with Crippen LogP contribution in [-0.2, 0) is 6.54 Å². The standard InChI is InChI=1S/C15H28N4/c1-3-11-19-14(9-10-17-19)15(18-16)13-7-5-12(4-2)6-8-13/h9-10,12-13,15,18H,3-8,11,16H2,1-2H3. The summed E-state index contributed by atoms with van der Waals surface area (Å²) < 4.78 is 2.11. The fourth-order valence-electron chi connectivity index (χ4n) is 3.40. The topological polar surface area (TPSA) is 55.9 Å². The van der Waals surface area contributed by atoms with Crippen LogP contribution < -0.4 is 11.3 Å². The van der Waals surface area contributed by atoms with Crippen LogP contribution in [0.5, 0.6) is 0 Å². The minimum atomic E-state index is 0.256. The maximum Gasteiger partial charge on any atom is 0.0657 e. The molecule has 1 atom stereocenters. The first-order chi connectivity index (χ1) is 9.30. The predicted octanol–water partition coefficient (Wildman–Crippen LogP) is 3.01. The van der Waals surface area contributed by atoms with Gasteiger partial charge in [0, 0.05) is 12.7 Å². The molecule has 0 bridgehead atoms. The van der Waals surface area contributed by atoms with E-state index in [1.165, 1.54) is 37.8 Å². The van der Waals surface area contributed by atoms with Crippen molar-refractivity contribution < 1.29 is 0 Å². The summed E-state index contributed by atoms with van der Waals surface area (Å²) in [6, 6.07) is 2.37. The van der Waals surface area contributed by atoms with Gasteiger partial charge in [-0.05, 0) is 37.2 Å². The van der Waals surface area contributed by atoms with E-state index in [0.717, 1.165) is 18.9 Å². The monoisotopic (exact) mass is 264 g/mol. The molecule has 0 saturated heterocycles. The van der Waals surface area contributed by atoms with Gasteiger partial charge in [-0.3, -0.25) is 16.0 Å². The molecule has 108 valence electrons. The minimum absolute atomic E-state index is 0.256. The van der Waals surface area contributed by atoms with Gasteiger partial charge in [0.1, 0.15) is 0 Å². The zero-order valence-electron chi connectivity index (χ0n) is 12.3. The van der Waals surface area contributed by atoms with Crippen molar-refractivity contribution in [2.75, 3.05) is 0 Å². The number of rotatable bonds is 6. The lowest BCUT2D eigenvalue weighted by molar-refractivity contribution is 0.213. The Bertz CT molecular complexity index is 366. The molecule has 1 saturated carbocycles. The van der Waals surface area contributed by atoms with Crippen molar-refractivity contribution in [2.45, 2.75) is 65.0 Å². The lowest BCUT2D eigenvalue weighted by Crippen LogP contribution is -2.36. The van der Waals surface area contributed by atoms with Crippen molar-refractivity contribution in [3.63, 3.8) is 0 Å². The Kier molecular flexibility index (Phi) is 5.40. The lowest BCUT2D eigenvalue weighted by atomic mass is 9.77. The summed E-state index contributed by atoms with van der Waals surface area (Å²) in [5.41, 5.74) is 4.30. The molecule has 1 aliphatic rings. The van der Waals surface area contributed by atoms with Gasteiger partial charge < -0.3 is 0 Å². The Morgan fingerprint density at radius 2 is 2.11 bits per heavy atom. The number of hydrogen-bond donors (Lipinski definition) is 2. The summed E-state index contributed by atoms with van der Waals surface area (Å²) in [5, 5.41) is 4.42. The molecule has 2 rings (SSSR count). The number of aromatic nitrogens is 2. The van der Waals surface area contributed by atoms with Crippen molar-refractivity contribution in [3.05, 3.63) is 18.0 Å². The third-order valence-corrected chi connectivity index (χ3v) is 4.62. The second-order valence-corrected chi connectivity index (χ2v) is 5.81. The quantitative estimate of drug-likeness (QED) is 0.613. The van der Waals surface area contributed by atoms with Crippen LogP contribution in [0.3, 0.4) is 0 Å². The van der Waals surface area contributed by atoms with E-state index in [4.69, 9.17) is 5.84 Å². The van der Waals surface area contributed by atoms with Gasteiger partial charge >= 0.3 is 0 Å². The zero-order chi connectivity index (χ0) is 13.7. The Balaban J connectivity index is 2.05. The van der Waals surface area contributed by atoms with E-state index in [2.05, 4.69) is 35.1 Å². The van der Waals surface area contributed by atoms with Crippen LogP contribution in [0.4, 0.5) is 0 Å². The summed E-state index contributed by atoms with van der Waals surface area (Å²) >= 11 is 0. The maximum absolute atomic E-state index is 5.84. The van der Waals surface area contributed by atoms with E-state index < -0.39 is 0 Å². The molecule has 1 aliphatic carbocycles. The molecule has 3 N–H and O–H groups in total. The first-order valence-corrected chi connectivity index (χ1v) is 7.77. The first kappa shape index (κ1) is 14.5. The van der Waals surface area contributed by atoms with Gasteiger partial charge in [0.05, 0.1) is 11.7 Å². The molecule has 1 heterocycles. The van der Waals surface area contributed by atoms with Gasteiger partial charge in [0.2, 0.25) is 0 Å². The van der Waals surface area contributed by atoms with Crippen molar-refractivity contribution in [3.8, 4) is 0 Å². The third-order valence-electron chi connectivity index (χ3n) is 4.62. The van der Waals surface area contributed by atoms with Crippen LogP contribution in [-0.4, -0.2) is 9.78 Å². The van der Waals surface area contributed by atoms with E-state index in [-0.39, 0.29) is 6.04 Å². The normalized spacial score (nSPS) is 25.4. The van der Waals surface area contributed by atoms with Crippen molar-refractivity contribution >= 4 is 0 Å². The second-order valence-electron chi connectivity index (χ2n) is 5.81. The Morgan fingerprint density at radius 3 is 2.68 bits per heavy atom. The average Bonchev–Trinajstić information content (AvgIpc) is 2.89. The molecular weight excluding hydrogens is 236 g/mol. The fourth-order valence-corrected chi connectivity index (χ4v) is 3.40. The molecule has 4 heteroatoms. The van der Waals surface area contributed by atoms with E-state index in [1.54, 1.807) is 0 Å². The number of nitrogens with two attached hydrogens (primary N) is 1. The number of nitrogens with zero attached hydrogens (tertiary/aromatic N) is 2. The number of aryl methyl sites for hydroxylation is 1. The first-order valence-electron chi connectivity index (χ1n) is 7.77. The van der Waals surface area contributed by atoms with Crippen LogP contribution >= 0.6 is 0 Å². The van der Waals surface area contributed by atoms with Crippen molar-refractivity contribution in [1.82, 2.24) is 15.2 Å². The van der Waals surface area contributed by atoms with E-state index in [0.29, 0.717) is 5.92 Å². The van der Waals surface area contributed by atoms with E-state index in [1.807, 2.05) is 6.20 Å². The van der Waals surface area contributed by atoms with Crippen molar-refractivity contribution in [2.24, 2.45) is 17.7 Å². The molecule has 0 aromatic carbocycles. The maximum atomic E-state index is 5.84. The third kappa shape index (κ3) is 3.37. The molecule has 1 unspecified atom stereocenters. The van der Waals surface area contributed by atoms with Gasteiger partial charge in [0.25, 0.3) is 0 Å². The summed E-state index contributed by atoms with van der Waals surface area (Å²) in [5.74, 6) is 7.41. The Hall–Kier alpha value is -0.870. The van der Waals surface area contributed by atoms with Gasteiger partial charge in [-0.15, -0.1) is 0 Å². The van der Waals surface area contributed by atoms with Crippen LogP contribution in [0.1, 0.15) is 64.1 Å². The van der Waals surface area contributed by atoms with E-state index in [9.17, 15) is 0 Å².